The first-order valence-electron chi connectivity index (χ1n) is 5.97. The Bertz CT molecular complexity index is 721. The molecule has 0 N–H and O–H groups in total. The zero-order valence-electron chi connectivity index (χ0n) is 10.4. The van der Waals surface area contributed by atoms with Gasteiger partial charge in [-0.3, -0.25) is 4.99 Å². The Morgan fingerprint density at radius 1 is 1.10 bits per heavy atom. The van der Waals surface area contributed by atoms with Gasteiger partial charge in [-0.15, -0.1) is 10.2 Å². The first-order chi connectivity index (χ1) is 9.81. The smallest absolute Gasteiger partial charge is 0.247 e. The van der Waals surface area contributed by atoms with Gasteiger partial charge in [0.25, 0.3) is 0 Å². The molecular formula is C15H10ClN3O. The Kier molecular flexibility index (Phi) is 3.56. The van der Waals surface area contributed by atoms with E-state index in [9.17, 15) is 0 Å². The number of halogens is 1. The van der Waals surface area contributed by atoms with Crippen LogP contribution in [0.5, 0.6) is 0 Å². The third-order valence-electron chi connectivity index (χ3n) is 2.69. The van der Waals surface area contributed by atoms with Gasteiger partial charge in [-0.1, -0.05) is 29.8 Å². The molecule has 3 rings (SSSR count). The van der Waals surface area contributed by atoms with Crippen LogP contribution in [-0.2, 0) is 0 Å². The maximum absolute atomic E-state index is 5.84. The largest absolute Gasteiger partial charge is 0.423 e. The lowest BCUT2D eigenvalue weighted by Gasteiger charge is -1.97. The van der Waals surface area contributed by atoms with Gasteiger partial charge in [0.1, 0.15) is 0 Å². The standard InChI is InChI=1S/C15H10ClN3O/c16-13-6-4-11(5-7-13)9-17-14-3-1-2-12(8-14)15-19-18-10-20-15/h1-10H. The summed E-state index contributed by atoms with van der Waals surface area (Å²) < 4.78 is 5.16. The van der Waals surface area contributed by atoms with Crippen LogP contribution >= 0.6 is 11.6 Å². The van der Waals surface area contributed by atoms with Crippen LogP contribution in [0.3, 0.4) is 0 Å². The van der Waals surface area contributed by atoms with E-state index in [1.807, 2.05) is 48.5 Å². The number of aliphatic imine (C=N–C) groups is 1. The third kappa shape index (κ3) is 2.92. The van der Waals surface area contributed by atoms with E-state index in [2.05, 4.69) is 15.2 Å². The van der Waals surface area contributed by atoms with Gasteiger partial charge in [-0.05, 0) is 35.9 Å². The molecule has 0 unspecified atom stereocenters. The highest BCUT2D eigenvalue weighted by molar-refractivity contribution is 6.30. The fourth-order valence-electron chi connectivity index (χ4n) is 1.72. The summed E-state index contributed by atoms with van der Waals surface area (Å²) in [7, 11) is 0. The van der Waals surface area contributed by atoms with Gasteiger partial charge in [-0.2, -0.15) is 0 Å². The minimum atomic E-state index is 0.480. The first-order valence-corrected chi connectivity index (χ1v) is 6.35. The molecule has 0 bridgehead atoms. The van der Waals surface area contributed by atoms with Gasteiger partial charge in [-0.25, -0.2) is 0 Å². The fraction of sp³-hybridized carbons (Fsp3) is 0. The molecular weight excluding hydrogens is 274 g/mol. The van der Waals surface area contributed by atoms with Crippen LogP contribution in [0, 0.1) is 0 Å². The molecule has 0 radical (unpaired) electrons. The summed E-state index contributed by atoms with van der Waals surface area (Å²) in [5, 5.41) is 8.24. The molecule has 20 heavy (non-hydrogen) atoms. The molecule has 0 saturated carbocycles. The molecule has 0 spiro atoms. The molecule has 0 atom stereocenters. The van der Waals surface area contributed by atoms with Crippen molar-refractivity contribution in [1.29, 1.82) is 0 Å². The Labute approximate surface area is 120 Å². The number of aromatic nitrogens is 2. The molecule has 98 valence electrons. The Hall–Kier alpha value is -2.46. The SMILES string of the molecule is Clc1ccc(C=Nc2cccc(-c3nnco3)c2)cc1. The molecule has 0 aliphatic rings. The van der Waals surface area contributed by atoms with E-state index in [1.54, 1.807) is 6.21 Å². The molecule has 4 nitrogen and oxygen atoms in total. The van der Waals surface area contributed by atoms with Crippen LogP contribution in [0.15, 0.2) is 64.3 Å². The molecule has 0 saturated heterocycles. The molecule has 0 fully saturated rings. The number of rotatable bonds is 3. The van der Waals surface area contributed by atoms with Crippen molar-refractivity contribution in [3.8, 4) is 11.5 Å². The highest BCUT2D eigenvalue weighted by atomic mass is 35.5. The summed E-state index contributed by atoms with van der Waals surface area (Å²) in [6.07, 6.45) is 3.09. The molecule has 2 aromatic carbocycles. The van der Waals surface area contributed by atoms with Crippen molar-refractivity contribution in [3.63, 3.8) is 0 Å². The van der Waals surface area contributed by atoms with Gasteiger partial charge >= 0.3 is 0 Å². The second-order valence-corrected chi connectivity index (χ2v) is 4.54. The Morgan fingerprint density at radius 2 is 1.95 bits per heavy atom. The Balaban J connectivity index is 1.84. The fourth-order valence-corrected chi connectivity index (χ4v) is 1.84. The summed E-state index contributed by atoms with van der Waals surface area (Å²) in [5.74, 6) is 0.480. The van der Waals surface area contributed by atoms with Gasteiger partial charge in [0.2, 0.25) is 12.3 Å². The summed E-state index contributed by atoms with van der Waals surface area (Å²) in [6, 6.07) is 15.1. The van der Waals surface area contributed by atoms with Crippen molar-refractivity contribution in [1.82, 2.24) is 10.2 Å². The van der Waals surface area contributed by atoms with Crippen molar-refractivity contribution in [2.75, 3.05) is 0 Å². The molecule has 1 heterocycles. The van der Waals surface area contributed by atoms with E-state index < -0.39 is 0 Å². The maximum Gasteiger partial charge on any atom is 0.247 e. The lowest BCUT2D eigenvalue weighted by atomic mass is 10.2. The molecule has 0 amide bonds. The highest BCUT2D eigenvalue weighted by Crippen LogP contribution is 2.22. The van der Waals surface area contributed by atoms with Crippen LogP contribution in [0.1, 0.15) is 5.56 Å². The molecule has 0 aliphatic carbocycles. The minimum Gasteiger partial charge on any atom is -0.423 e. The summed E-state index contributed by atoms with van der Waals surface area (Å²) in [5.41, 5.74) is 2.64. The molecule has 5 heteroatoms. The number of hydrogen-bond donors (Lipinski definition) is 0. The number of hydrogen-bond acceptors (Lipinski definition) is 4. The lowest BCUT2D eigenvalue weighted by Crippen LogP contribution is -1.80. The quantitative estimate of drug-likeness (QED) is 0.679. The first kappa shape index (κ1) is 12.6. The van der Waals surface area contributed by atoms with Crippen LogP contribution in [-0.4, -0.2) is 16.4 Å². The van der Waals surface area contributed by atoms with Crippen molar-refractivity contribution < 1.29 is 4.42 Å². The minimum absolute atomic E-state index is 0.480. The van der Waals surface area contributed by atoms with Crippen molar-refractivity contribution in [2.45, 2.75) is 0 Å². The number of nitrogens with zero attached hydrogens (tertiary/aromatic N) is 3. The number of benzene rings is 2. The van der Waals surface area contributed by atoms with Crippen molar-refractivity contribution >= 4 is 23.5 Å². The monoisotopic (exact) mass is 283 g/mol. The van der Waals surface area contributed by atoms with Crippen molar-refractivity contribution in [2.24, 2.45) is 4.99 Å². The summed E-state index contributed by atoms with van der Waals surface area (Å²) in [4.78, 5) is 4.42. The summed E-state index contributed by atoms with van der Waals surface area (Å²) in [6.45, 7) is 0. The topological polar surface area (TPSA) is 51.3 Å². The van der Waals surface area contributed by atoms with E-state index in [-0.39, 0.29) is 0 Å². The third-order valence-corrected chi connectivity index (χ3v) is 2.94. The van der Waals surface area contributed by atoms with Gasteiger partial charge in [0.15, 0.2) is 0 Å². The second-order valence-electron chi connectivity index (χ2n) is 4.10. The van der Waals surface area contributed by atoms with E-state index in [0.717, 1.165) is 16.8 Å². The normalized spacial score (nSPS) is 11.1. The predicted octanol–water partition coefficient (Wildman–Crippen LogP) is 4.14. The predicted molar refractivity (Wildman–Crippen MR) is 78.4 cm³/mol. The molecule has 3 aromatic rings. The Morgan fingerprint density at radius 3 is 2.70 bits per heavy atom. The van der Waals surface area contributed by atoms with E-state index >= 15 is 0 Å². The summed E-state index contributed by atoms with van der Waals surface area (Å²) >= 11 is 5.84. The average Bonchev–Trinajstić information content (AvgIpc) is 3.01. The molecule has 0 aliphatic heterocycles. The van der Waals surface area contributed by atoms with Crippen molar-refractivity contribution in [3.05, 3.63) is 65.5 Å². The van der Waals surface area contributed by atoms with Gasteiger partial charge in [0, 0.05) is 16.8 Å². The van der Waals surface area contributed by atoms with Crippen LogP contribution in [0.4, 0.5) is 5.69 Å². The molecule has 1 aromatic heterocycles. The maximum atomic E-state index is 5.84. The van der Waals surface area contributed by atoms with Crippen LogP contribution in [0.25, 0.3) is 11.5 Å². The second kappa shape index (κ2) is 5.67. The van der Waals surface area contributed by atoms with Gasteiger partial charge in [0.05, 0.1) is 5.69 Å². The van der Waals surface area contributed by atoms with E-state index in [4.69, 9.17) is 16.0 Å². The van der Waals surface area contributed by atoms with E-state index in [1.165, 1.54) is 6.39 Å². The van der Waals surface area contributed by atoms with Crippen LogP contribution < -0.4 is 0 Å². The zero-order chi connectivity index (χ0) is 13.8. The average molecular weight is 284 g/mol. The van der Waals surface area contributed by atoms with Gasteiger partial charge < -0.3 is 4.42 Å². The van der Waals surface area contributed by atoms with Crippen LogP contribution in [0.2, 0.25) is 5.02 Å². The highest BCUT2D eigenvalue weighted by Gasteiger charge is 2.03. The lowest BCUT2D eigenvalue weighted by molar-refractivity contribution is 0.568. The zero-order valence-corrected chi connectivity index (χ0v) is 11.2. The van der Waals surface area contributed by atoms with E-state index in [0.29, 0.717) is 10.9 Å².